The lowest BCUT2D eigenvalue weighted by Gasteiger charge is -2.42. The maximum Gasteiger partial charge on any atom is 0.410 e. The van der Waals surface area contributed by atoms with Gasteiger partial charge in [-0.1, -0.05) is 13.8 Å². The lowest BCUT2D eigenvalue weighted by Crippen LogP contribution is -2.60. The third kappa shape index (κ3) is 5.51. The van der Waals surface area contributed by atoms with Crippen LogP contribution >= 0.6 is 0 Å². The van der Waals surface area contributed by atoms with Gasteiger partial charge >= 0.3 is 18.1 Å². The van der Waals surface area contributed by atoms with Gasteiger partial charge in [-0.2, -0.15) is 0 Å². The van der Waals surface area contributed by atoms with Crippen molar-refractivity contribution in [3.05, 3.63) is 0 Å². The Labute approximate surface area is 149 Å². The Morgan fingerprint density at radius 2 is 1.76 bits per heavy atom. The summed E-state index contributed by atoms with van der Waals surface area (Å²) < 4.78 is 5.37. The van der Waals surface area contributed by atoms with Crippen molar-refractivity contribution in [1.29, 1.82) is 0 Å². The smallest absolute Gasteiger partial charge is 0.410 e. The maximum absolute atomic E-state index is 12.7. The summed E-state index contributed by atoms with van der Waals surface area (Å²) in [7, 11) is 1.51. The van der Waals surface area contributed by atoms with Gasteiger partial charge in [-0.05, 0) is 33.6 Å². The third-order valence-electron chi connectivity index (χ3n) is 4.13. The van der Waals surface area contributed by atoms with Crippen molar-refractivity contribution in [3.63, 3.8) is 0 Å². The van der Waals surface area contributed by atoms with Crippen LogP contribution in [-0.4, -0.2) is 82.3 Å². The molecule has 0 aliphatic carbocycles. The first-order valence-electron chi connectivity index (χ1n) is 8.59. The third-order valence-corrected chi connectivity index (χ3v) is 4.13. The summed E-state index contributed by atoms with van der Waals surface area (Å²) in [6, 6.07) is -1.45. The number of likely N-dealkylation sites (N-methyl/N-ethyl adjacent to an activating group) is 1. The second kappa shape index (κ2) is 7.93. The summed E-state index contributed by atoms with van der Waals surface area (Å²) in [5.74, 6) is -1.23. The predicted molar refractivity (Wildman–Crippen MR) is 93.4 cm³/mol. The van der Waals surface area contributed by atoms with E-state index >= 15 is 0 Å². The topological polar surface area (TPSA) is 90.4 Å². The molecule has 1 aliphatic heterocycles. The highest BCUT2D eigenvalue weighted by Gasteiger charge is 2.37. The van der Waals surface area contributed by atoms with E-state index in [1.165, 1.54) is 11.9 Å². The minimum absolute atomic E-state index is 0.204. The Balaban J connectivity index is 2.75. The lowest BCUT2D eigenvalue weighted by molar-refractivity contribution is -0.143. The molecule has 1 rings (SSSR count). The molecule has 1 heterocycles. The van der Waals surface area contributed by atoms with Crippen LogP contribution in [0.3, 0.4) is 0 Å². The van der Waals surface area contributed by atoms with Gasteiger partial charge < -0.3 is 24.5 Å². The van der Waals surface area contributed by atoms with Gasteiger partial charge in [0.25, 0.3) is 0 Å². The minimum atomic E-state index is -1.02. The molecule has 0 aromatic heterocycles. The minimum Gasteiger partial charge on any atom is -0.480 e. The number of hydrogen-bond donors (Lipinski definition) is 1. The fourth-order valence-corrected chi connectivity index (χ4v) is 2.95. The molecule has 1 saturated heterocycles. The molecular weight excluding hydrogens is 326 g/mol. The van der Waals surface area contributed by atoms with Gasteiger partial charge in [0.1, 0.15) is 11.6 Å². The number of carboxylic acid groups (broad SMARTS) is 1. The van der Waals surface area contributed by atoms with Crippen LogP contribution in [0.15, 0.2) is 0 Å². The highest BCUT2D eigenvalue weighted by molar-refractivity contribution is 5.83. The predicted octanol–water partition coefficient (Wildman–Crippen LogP) is 2.09. The molecule has 25 heavy (non-hydrogen) atoms. The van der Waals surface area contributed by atoms with Crippen molar-refractivity contribution in [2.75, 3.05) is 26.7 Å². The summed E-state index contributed by atoms with van der Waals surface area (Å²) in [5.41, 5.74) is -0.570. The largest absolute Gasteiger partial charge is 0.480 e. The lowest BCUT2D eigenvalue weighted by atomic mass is 10.0. The zero-order valence-electron chi connectivity index (χ0n) is 16.3. The summed E-state index contributed by atoms with van der Waals surface area (Å²) in [6.07, 6.45) is -0.398. The van der Waals surface area contributed by atoms with Gasteiger partial charge in [0.15, 0.2) is 0 Å². The van der Waals surface area contributed by atoms with Crippen LogP contribution in [0.5, 0.6) is 0 Å². The SMILES string of the molecule is CC(C)C(C(=O)O)N(C)C(=O)N1CCN(C(=O)OC(C)(C)C)C[C@H]1C. The number of urea groups is 1. The molecule has 144 valence electrons. The molecule has 0 spiro atoms. The van der Waals surface area contributed by atoms with Crippen LogP contribution in [0.25, 0.3) is 0 Å². The monoisotopic (exact) mass is 357 g/mol. The van der Waals surface area contributed by atoms with Gasteiger partial charge in [0, 0.05) is 32.7 Å². The van der Waals surface area contributed by atoms with Crippen LogP contribution in [0.4, 0.5) is 9.59 Å². The molecule has 0 aromatic rings. The number of hydrogen-bond acceptors (Lipinski definition) is 4. The Kier molecular flexibility index (Phi) is 6.68. The molecule has 1 unspecified atom stereocenters. The first-order valence-corrected chi connectivity index (χ1v) is 8.59. The summed E-state index contributed by atoms with van der Waals surface area (Å²) in [6.45, 7) is 11.9. The summed E-state index contributed by atoms with van der Waals surface area (Å²) >= 11 is 0. The second-order valence-corrected chi connectivity index (χ2v) is 7.89. The highest BCUT2D eigenvalue weighted by atomic mass is 16.6. The number of aliphatic carboxylic acids is 1. The molecular formula is C17H31N3O5. The molecule has 8 heteroatoms. The summed E-state index contributed by atoms with van der Waals surface area (Å²) in [4.78, 5) is 40.8. The number of ether oxygens (including phenoxy) is 1. The average Bonchev–Trinajstić information content (AvgIpc) is 2.43. The molecule has 1 fully saturated rings. The van der Waals surface area contributed by atoms with Crippen molar-refractivity contribution in [2.45, 2.75) is 59.2 Å². The quantitative estimate of drug-likeness (QED) is 0.835. The second-order valence-electron chi connectivity index (χ2n) is 7.89. The zero-order chi connectivity index (χ0) is 19.5. The standard InChI is InChI=1S/C17H31N3O5/c1-11(2)13(14(21)22)18(7)15(23)20-9-8-19(10-12(20)3)16(24)25-17(4,5)6/h11-13H,8-10H2,1-7H3,(H,21,22)/t12-,13?/m1/s1. The summed E-state index contributed by atoms with van der Waals surface area (Å²) in [5, 5.41) is 9.37. The van der Waals surface area contributed by atoms with E-state index in [4.69, 9.17) is 4.74 Å². The van der Waals surface area contributed by atoms with Crippen LogP contribution in [0.2, 0.25) is 0 Å². The highest BCUT2D eigenvalue weighted by Crippen LogP contribution is 2.18. The fourth-order valence-electron chi connectivity index (χ4n) is 2.95. The molecule has 0 radical (unpaired) electrons. The van der Waals surface area contributed by atoms with Gasteiger partial charge in [-0.25, -0.2) is 14.4 Å². The van der Waals surface area contributed by atoms with E-state index in [1.54, 1.807) is 44.4 Å². The number of carboxylic acids is 1. The van der Waals surface area contributed by atoms with E-state index in [0.29, 0.717) is 19.6 Å². The van der Waals surface area contributed by atoms with E-state index in [0.717, 1.165) is 0 Å². The van der Waals surface area contributed by atoms with E-state index in [2.05, 4.69) is 0 Å². The van der Waals surface area contributed by atoms with E-state index < -0.39 is 23.7 Å². The molecule has 8 nitrogen and oxygen atoms in total. The molecule has 0 aromatic carbocycles. The molecule has 1 aliphatic rings. The number of carbonyl (C=O) groups excluding carboxylic acids is 2. The molecule has 0 saturated carbocycles. The number of piperazine rings is 1. The van der Waals surface area contributed by atoms with E-state index in [9.17, 15) is 19.5 Å². The first kappa shape index (κ1) is 21.1. The molecule has 0 bridgehead atoms. The normalized spacial score (nSPS) is 19.6. The Morgan fingerprint density at radius 3 is 2.16 bits per heavy atom. The number of rotatable bonds is 3. The molecule has 2 atom stereocenters. The van der Waals surface area contributed by atoms with Crippen LogP contribution < -0.4 is 0 Å². The zero-order valence-corrected chi connectivity index (χ0v) is 16.3. The molecule has 1 N–H and O–H groups in total. The average molecular weight is 357 g/mol. The van der Waals surface area contributed by atoms with Crippen molar-refractivity contribution in [1.82, 2.24) is 14.7 Å². The van der Waals surface area contributed by atoms with Crippen molar-refractivity contribution in [2.24, 2.45) is 5.92 Å². The number of nitrogens with zero attached hydrogens (tertiary/aromatic N) is 3. The van der Waals surface area contributed by atoms with Gasteiger partial charge in [0.2, 0.25) is 0 Å². The molecule has 3 amide bonds. The van der Waals surface area contributed by atoms with Crippen LogP contribution in [-0.2, 0) is 9.53 Å². The number of carbonyl (C=O) groups is 3. The maximum atomic E-state index is 12.7. The fraction of sp³-hybridized carbons (Fsp3) is 0.824. The first-order chi connectivity index (χ1) is 11.3. The van der Waals surface area contributed by atoms with Crippen molar-refractivity contribution >= 4 is 18.1 Å². The van der Waals surface area contributed by atoms with Crippen LogP contribution in [0.1, 0.15) is 41.5 Å². The van der Waals surface area contributed by atoms with Crippen LogP contribution in [0, 0.1) is 5.92 Å². The van der Waals surface area contributed by atoms with Gasteiger partial charge in [-0.15, -0.1) is 0 Å². The number of amides is 3. The Bertz CT molecular complexity index is 515. The van der Waals surface area contributed by atoms with Gasteiger partial charge in [0.05, 0.1) is 0 Å². The Hall–Kier alpha value is -1.99. The van der Waals surface area contributed by atoms with E-state index in [1.807, 2.05) is 6.92 Å². The van der Waals surface area contributed by atoms with E-state index in [-0.39, 0.29) is 18.0 Å². The van der Waals surface area contributed by atoms with Crippen molar-refractivity contribution in [3.8, 4) is 0 Å². The van der Waals surface area contributed by atoms with Gasteiger partial charge in [-0.3, -0.25) is 0 Å². The van der Waals surface area contributed by atoms with Crippen molar-refractivity contribution < 1.29 is 24.2 Å². The Morgan fingerprint density at radius 1 is 1.20 bits per heavy atom.